The van der Waals surface area contributed by atoms with E-state index in [0.29, 0.717) is 11.3 Å². The standard InChI is InChI=1S/C13H9F3O.C12H10OS/c14-13(15,16)11-5-1-9(2-6-11)10-3-7-12(17)8-4-10;13-12-4-2-1-3-11(12)9-5-7-10(14)8-6-9/h1-8,17H;1-8,13-14H. The summed E-state index contributed by atoms with van der Waals surface area (Å²) in [5.41, 5.74) is 2.62. The highest BCUT2D eigenvalue weighted by Crippen LogP contribution is 2.31. The largest absolute Gasteiger partial charge is 0.508 e. The lowest BCUT2D eigenvalue weighted by molar-refractivity contribution is -0.137. The van der Waals surface area contributed by atoms with Gasteiger partial charge in [0.2, 0.25) is 0 Å². The Kier molecular flexibility index (Phi) is 6.92. The highest BCUT2D eigenvalue weighted by atomic mass is 32.1. The Hall–Kier alpha value is -3.38. The highest BCUT2D eigenvalue weighted by molar-refractivity contribution is 7.80. The lowest BCUT2D eigenvalue weighted by Gasteiger charge is -2.07. The maximum atomic E-state index is 12.3. The van der Waals surface area contributed by atoms with Gasteiger partial charge in [0, 0.05) is 10.5 Å². The van der Waals surface area contributed by atoms with Gasteiger partial charge in [-0.15, -0.1) is 12.6 Å². The fourth-order valence-corrected chi connectivity index (χ4v) is 3.01. The molecule has 0 spiro atoms. The first-order valence-electron chi connectivity index (χ1n) is 9.28. The lowest BCUT2D eigenvalue weighted by atomic mass is 10.0. The summed E-state index contributed by atoms with van der Waals surface area (Å²) in [6.45, 7) is 0. The predicted molar refractivity (Wildman–Crippen MR) is 119 cm³/mol. The number of para-hydroxylation sites is 1. The molecule has 0 saturated heterocycles. The zero-order valence-corrected chi connectivity index (χ0v) is 17.1. The molecule has 0 amide bonds. The zero-order chi connectivity index (χ0) is 22.4. The van der Waals surface area contributed by atoms with Gasteiger partial charge < -0.3 is 10.2 Å². The van der Waals surface area contributed by atoms with E-state index in [1.165, 1.54) is 24.3 Å². The molecule has 4 aromatic carbocycles. The topological polar surface area (TPSA) is 40.5 Å². The van der Waals surface area contributed by atoms with Crippen LogP contribution in [-0.2, 0) is 6.18 Å². The van der Waals surface area contributed by atoms with E-state index < -0.39 is 11.7 Å². The molecule has 0 fully saturated rings. The van der Waals surface area contributed by atoms with Crippen LogP contribution in [0, 0.1) is 0 Å². The minimum atomic E-state index is -4.31. The third-order valence-corrected chi connectivity index (χ3v) is 4.79. The van der Waals surface area contributed by atoms with Gasteiger partial charge in [-0.2, -0.15) is 13.2 Å². The third kappa shape index (κ3) is 6.06. The summed E-state index contributed by atoms with van der Waals surface area (Å²) in [4.78, 5) is 0.921. The second-order valence-corrected chi connectivity index (χ2v) is 7.20. The molecule has 0 radical (unpaired) electrons. The van der Waals surface area contributed by atoms with Gasteiger partial charge in [0.25, 0.3) is 0 Å². The van der Waals surface area contributed by atoms with E-state index in [1.807, 2.05) is 42.5 Å². The molecule has 4 aromatic rings. The first-order valence-corrected chi connectivity index (χ1v) is 9.73. The number of phenols is 2. The van der Waals surface area contributed by atoms with Crippen molar-refractivity contribution in [3.8, 4) is 33.8 Å². The van der Waals surface area contributed by atoms with Gasteiger partial charge in [-0.25, -0.2) is 0 Å². The van der Waals surface area contributed by atoms with Crippen LogP contribution in [0.5, 0.6) is 11.5 Å². The summed E-state index contributed by atoms with van der Waals surface area (Å²) in [5.74, 6) is 0.431. The van der Waals surface area contributed by atoms with Gasteiger partial charge in [-0.05, 0) is 59.2 Å². The van der Waals surface area contributed by atoms with Crippen molar-refractivity contribution in [2.45, 2.75) is 11.1 Å². The monoisotopic (exact) mass is 440 g/mol. The molecule has 0 saturated carbocycles. The van der Waals surface area contributed by atoms with E-state index in [9.17, 15) is 18.3 Å². The Morgan fingerprint density at radius 2 is 1.06 bits per heavy atom. The maximum absolute atomic E-state index is 12.3. The molecular weight excluding hydrogens is 421 g/mol. The summed E-state index contributed by atoms with van der Waals surface area (Å²) in [6.07, 6.45) is -4.31. The molecular formula is C25H19F3O2S. The Labute approximate surface area is 183 Å². The summed E-state index contributed by atoms with van der Waals surface area (Å²) in [6, 6.07) is 26.2. The first-order chi connectivity index (χ1) is 14.7. The van der Waals surface area contributed by atoms with E-state index in [1.54, 1.807) is 18.2 Å². The third-order valence-electron chi connectivity index (χ3n) is 4.50. The van der Waals surface area contributed by atoms with Crippen molar-refractivity contribution in [1.82, 2.24) is 0 Å². The SMILES string of the molecule is Oc1ccc(-c2ccc(C(F)(F)F)cc2)cc1.Oc1ccccc1-c1ccc(S)cc1. The van der Waals surface area contributed by atoms with Crippen molar-refractivity contribution in [3.05, 3.63) is 103 Å². The van der Waals surface area contributed by atoms with E-state index in [-0.39, 0.29) is 5.75 Å². The number of alkyl halides is 3. The zero-order valence-electron chi connectivity index (χ0n) is 16.2. The molecule has 4 rings (SSSR count). The Balaban J connectivity index is 0.000000179. The van der Waals surface area contributed by atoms with Crippen molar-refractivity contribution in [3.63, 3.8) is 0 Å². The van der Waals surface area contributed by atoms with Crippen LogP contribution in [0.15, 0.2) is 102 Å². The van der Waals surface area contributed by atoms with Crippen LogP contribution in [0.1, 0.15) is 5.56 Å². The second kappa shape index (κ2) is 9.62. The maximum Gasteiger partial charge on any atom is 0.416 e. The van der Waals surface area contributed by atoms with E-state index in [2.05, 4.69) is 12.6 Å². The quantitative estimate of drug-likeness (QED) is 0.284. The summed E-state index contributed by atoms with van der Waals surface area (Å²) >= 11 is 4.21. The number of thiol groups is 1. The number of hydrogen-bond donors (Lipinski definition) is 3. The van der Waals surface area contributed by atoms with Crippen LogP contribution < -0.4 is 0 Å². The van der Waals surface area contributed by atoms with Crippen molar-refractivity contribution in [2.24, 2.45) is 0 Å². The number of halogens is 3. The van der Waals surface area contributed by atoms with Crippen molar-refractivity contribution in [1.29, 1.82) is 0 Å². The summed E-state index contributed by atoms with van der Waals surface area (Å²) in [7, 11) is 0. The van der Waals surface area contributed by atoms with Gasteiger partial charge in [-0.1, -0.05) is 54.6 Å². The smallest absolute Gasteiger partial charge is 0.416 e. The molecule has 0 atom stereocenters. The molecule has 2 nitrogen and oxygen atoms in total. The molecule has 31 heavy (non-hydrogen) atoms. The number of rotatable bonds is 2. The van der Waals surface area contributed by atoms with E-state index in [4.69, 9.17) is 5.11 Å². The van der Waals surface area contributed by atoms with Gasteiger partial charge in [-0.3, -0.25) is 0 Å². The van der Waals surface area contributed by atoms with Crippen molar-refractivity contribution < 1.29 is 23.4 Å². The molecule has 2 N–H and O–H groups in total. The molecule has 0 bridgehead atoms. The van der Waals surface area contributed by atoms with E-state index in [0.717, 1.165) is 33.7 Å². The Morgan fingerprint density at radius 1 is 0.581 bits per heavy atom. The van der Waals surface area contributed by atoms with Crippen LogP contribution in [0.4, 0.5) is 13.2 Å². The summed E-state index contributed by atoms with van der Waals surface area (Å²) < 4.78 is 37.0. The number of hydrogen-bond acceptors (Lipinski definition) is 3. The van der Waals surface area contributed by atoms with Crippen LogP contribution in [0.2, 0.25) is 0 Å². The molecule has 158 valence electrons. The van der Waals surface area contributed by atoms with Crippen LogP contribution in [0.3, 0.4) is 0 Å². The molecule has 0 aliphatic carbocycles. The van der Waals surface area contributed by atoms with Gasteiger partial charge in [0.15, 0.2) is 0 Å². The first kappa shape index (κ1) is 22.3. The molecule has 0 aromatic heterocycles. The van der Waals surface area contributed by atoms with Gasteiger partial charge in [0.05, 0.1) is 5.56 Å². The van der Waals surface area contributed by atoms with Crippen LogP contribution in [-0.4, -0.2) is 10.2 Å². The summed E-state index contributed by atoms with van der Waals surface area (Å²) in [5, 5.41) is 18.7. The van der Waals surface area contributed by atoms with E-state index >= 15 is 0 Å². The van der Waals surface area contributed by atoms with Gasteiger partial charge in [0.1, 0.15) is 11.5 Å². The Morgan fingerprint density at radius 3 is 1.58 bits per heavy atom. The fraction of sp³-hybridized carbons (Fsp3) is 0.0400. The number of phenolic OH excluding ortho intramolecular Hbond substituents is 2. The van der Waals surface area contributed by atoms with Crippen molar-refractivity contribution >= 4 is 12.6 Å². The van der Waals surface area contributed by atoms with Crippen molar-refractivity contribution in [2.75, 3.05) is 0 Å². The Bertz CT molecular complexity index is 1120. The minimum absolute atomic E-state index is 0.126. The average molecular weight is 440 g/mol. The minimum Gasteiger partial charge on any atom is -0.508 e. The number of aromatic hydroxyl groups is 2. The predicted octanol–water partition coefficient (Wildman–Crippen LogP) is 7.43. The molecule has 0 aliphatic heterocycles. The normalized spacial score (nSPS) is 10.8. The second-order valence-electron chi connectivity index (χ2n) is 6.69. The molecule has 0 heterocycles. The number of benzene rings is 4. The van der Waals surface area contributed by atoms with Gasteiger partial charge >= 0.3 is 6.18 Å². The highest BCUT2D eigenvalue weighted by Gasteiger charge is 2.29. The average Bonchev–Trinajstić information content (AvgIpc) is 2.75. The van der Waals surface area contributed by atoms with Crippen LogP contribution in [0.25, 0.3) is 22.3 Å². The lowest BCUT2D eigenvalue weighted by Crippen LogP contribution is -2.03. The fourth-order valence-electron chi connectivity index (χ4n) is 2.86. The molecule has 6 heteroatoms. The molecule has 0 aliphatic rings. The molecule has 0 unspecified atom stereocenters. The van der Waals surface area contributed by atoms with Crippen LogP contribution >= 0.6 is 12.6 Å².